The number of nitro groups is 1. The maximum Gasteiger partial charge on any atom is 0.322 e. The first kappa shape index (κ1) is 14.4. The van der Waals surface area contributed by atoms with E-state index in [4.69, 9.17) is 5.11 Å². The summed E-state index contributed by atoms with van der Waals surface area (Å²) in [6, 6.07) is 4.47. The number of amides is 1. The van der Waals surface area contributed by atoms with Gasteiger partial charge in [-0.25, -0.2) is 0 Å². The Kier molecular flexibility index (Phi) is 4.81. The number of anilines is 1. The molecule has 0 saturated heterocycles. The van der Waals surface area contributed by atoms with Crippen molar-refractivity contribution < 1.29 is 19.6 Å². The number of hydrogen-bond acceptors (Lipinski definition) is 5. The van der Waals surface area contributed by atoms with Gasteiger partial charge in [-0.2, -0.15) is 0 Å². The van der Waals surface area contributed by atoms with E-state index in [-0.39, 0.29) is 12.2 Å². The van der Waals surface area contributed by atoms with Crippen molar-refractivity contribution in [2.75, 3.05) is 18.4 Å². The van der Waals surface area contributed by atoms with E-state index in [1.165, 1.54) is 12.1 Å². The first-order valence-electron chi connectivity index (χ1n) is 5.38. The highest BCUT2D eigenvalue weighted by Crippen LogP contribution is 2.24. The minimum Gasteiger partial charge on any atom is -0.480 e. The lowest BCUT2D eigenvalue weighted by Crippen LogP contribution is -2.33. The first-order valence-corrected chi connectivity index (χ1v) is 5.38. The van der Waals surface area contributed by atoms with Gasteiger partial charge in [-0.05, 0) is 13.0 Å². The Balaban J connectivity index is 2.63. The van der Waals surface area contributed by atoms with Crippen LogP contribution in [0.1, 0.15) is 5.56 Å². The highest BCUT2D eigenvalue weighted by Gasteiger charge is 2.13. The summed E-state index contributed by atoms with van der Waals surface area (Å²) in [5.41, 5.74) is 0.828. The number of aliphatic carboxylic acids is 1. The SMILES string of the molecule is Cc1c(NCC(=O)NCC(=O)O)cccc1[N+](=O)[O-]. The van der Waals surface area contributed by atoms with E-state index in [9.17, 15) is 19.7 Å². The van der Waals surface area contributed by atoms with Gasteiger partial charge in [0.2, 0.25) is 5.91 Å². The predicted octanol–water partition coefficient (Wildman–Crippen LogP) is 0.516. The Hall–Kier alpha value is -2.64. The van der Waals surface area contributed by atoms with Gasteiger partial charge in [0.15, 0.2) is 0 Å². The van der Waals surface area contributed by atoms with Gasteiger partial charge >= 0.3 is 5.97 Å². The molecule has 19 heavy (non-hydrogen) atoms. The third-order valence-corrected chi connectivity index (χ3v) is 2.38. The van der Waals surface area contributed by atoms with Crippen LogP contribution < -0.4 is 10.6 Å². The average Bonchev–Trinajstić information content (AvgIpc) is 2.34. The summed E-state index contributed by atoms with van der Waals surface area (Å²) in [5, 5.41) is 24.0. The standard InChI is InChI=1S/C11H13N3O5/c1-7-8(3-2-4-9(7)14(18)19)12-5-10(15)13-6-11(16)17/h2-4,12H,5-6H2,1H3,(H,13,15)(H,16,17). The van der Waals surface area contributed by atoms with E-state index >= 15 is 0 Å². The Morgan fingerprint density at radius 2 is 2.05 bits per heavy atom. The number of nitrogens with zero attached hydrogens (tertiary/aromatic N) is 1. The number of carboxylic acids is 1. The zero-order valence-electron chi connectivity index (χ0n) is 10.2. The van der Waals surface area contributed by atoms with Crippen LogP contribution in [0, 0.1) is 17.0 Å². The number of nitrogens with one attached hydrogen (secondary N) is 2. The molecule has 0 aliphatic carbocycles. The highest BCUT2D eigenvalue weighted by molar-refractivity contribution is 5.84. The summed E-state index contributed by atoms with van der Waals surface area (Å²) in [4.78, 5) is 31.7. The molecular weight excluding hydrogens is 254 g/mol. The second-order valence-electron chi connectivity index (χ2n) is 3.73. The van der Waals surface area contributed by atoms with Crippen LogP contribution >= 0.6 is 0 Å². The Morgan fingerprint density at radius 3 is 2.63 bits per heavy atom. The molecule has 0 aliphatic rings. The fraction of sp³-hybridized carbons (Fsp3) is 0.273. The minimum absolute atomic E-state index is 0.0454. The monoisotopic (exact) mass is 267 g/mol. The zero-order valence-corrected chi connectivity index (χ0v) is 10.2. The van der Waals surface area contributed by atoms with Crippen molar-refractivity contribution in [2.45, 2.75) is 6.92 Å². The number of carboxylic acid groups (broad SMARTS) is 1. The van der Waals surface area contributed by atoms with E-state index in [0.717, 1.165) is 0 Å². The third kappa shape index (κ3) is 4.26. The number of hydrogen-bond donors (Lipinski definition) is 3. The number of carbonyl (C=O) groups is 2. The molecule has 1 aromatic rings. The van der Waals surface area contributed by atoms with Gasteiger partial charge in [-0.1, -0.05) is 6.07 Å². The van der Waals surface area contributed by atoms with Gasteiger partial charge in [-0.15, -0.1) is 0 Å². The molecule has 0 spiro atoms. The Morgan fingerprint density at radius 1 is 1.37 bits per heavy atom. The molecule has 0 atom stereocenters. The molecule has 3 N–H and O–H groups in total. The first-order chi connectivity index (χ1) is 8.91. The Labute approximate surface area is 108 Å². The van der Waals surface area contributed by atoms with Crippen LogP contribution in [0.3, 0.4) is 0 Å². The van der Waals surface area contributed by atoms with Crippen LogP contribution in [0.4, 0.5) is 11.4 Å². The molecule has 8 nitrogen and oxygen atoms in total. The number of benzene rings is 1. The normalized spacial score (nSPS) is 9.74. The second-order valence-corrected chi connectivity index (χ2v) is 3.73. The maximum atomic E-state index is 11.3. The predicted molar refractivity (Wildman–Crippen MR) is 67.0 cm³/mol. The van der Waals surface area contributed by atoms with Gasteiger partial charge in [0.05, 0.1) is 11.5 Å². The Bertz CT molecular complexity index is 515. The molecule has 1 amide bonds. The van der Waals surface area contributed by atoms with Gasteiger partial charge < -0.3 is 15.7 Å². The van der Waals surface area contributed by atoms with Crippen LogP contribution in [0.25, 0.3) is 0 Å². The van der Waals surface area contributed by atoms with Gasteiger partial charge in [0, 0.05) is 17.3 Å². The van der Waals surface area contributed by atoms with Crippen molar-refractivity contribution in [3.63, 3.8) is 0 Å². The molecule has 0 aliphatic heterocycles. The van der Waals surface area contributed by atoms with Crippen molar-refractivity contribution >= 4 is 23.3 Å². The minimum atomic E-state index is -1.14. The van der Waals surface area contributed by atoms with E-state index in [1.54, 1.807) is 13.0 Å². The quantitative estimate of drug-likeness (QED) is 0.510. The number of rotatable bonds is 6. The molecule has 8 heteroatoms. The van der Waals surface area contributed by atoms with E-state index in [1.807, 2.05) is 0 Å². The van der Waals surface area contributed by atoms with Crippen molar-refractivity contribution in [3.05, 3.63) is 33.9 Å². The summed E-state index contributed by atoms with van der Waals surface area (Å²) in [5.74, 6) is -1.65. The molecule has 0 heterocycles. The maximum absolute atomic E-state index is 11.3. The van der Waals surface area contributed by atoms with Gasteiger partial charge in [0.1, 0.15) is 6.54 Å². The van der Waals surface area contributed by atoms with Crippen LogP contribution in [0.15, 0.2) is 18.2 Å². The van der Waals surface area contributed by atoms with Crippen LogP contribution in [-0.2, 0) is 9.59 Å². The fourth-order valence-corrected chi connectivity index (χ4v) is 1.42. The smallest absolute Gasteiger partial charge is 0.322 e. The van der Waals surface area contributed by atoms with E-state index in [2.05, 4.69) is 10.6 Å². The van der Waals surface area contributed by atoms with Crippen LogP contribution in [-0.4, -0.2) is 35.0 Å². The molecular formula is C11H13N3O5. The summed E-state index contributed by atoms with van der Waals surface area (Å²) in [6.45, 7) is 0.944. The molecule has 0 saturated carbocycles. The molecule has 0 fully saturated rings. The lowest BCUT2D eigenvalue weighted by Gasteiger charge is -2.09. The fourth-order valence-electron chi connectivity index (χ4n) is 1.42. The van der Waals surface area contributed by atoms with Crippen LogP contribution in [0.2, 0.25) is 0 Å². The lowest BCUT2D eigenvalue weighted by atomic mass is 10.1. The summed E-state index contributed by atoms with van der Waals surface area (Å²) in [7, 11) is 0. The molecule has 0 bridgehead atoms. The molecule has 1 rings (SSSR count). The molecule has 1 aromatic carbocycles. The van der Waals surface area contributed by atoms with Crippen molar-refractivity contribution in [1.29, 1.82) is 0 Å². The van der Waals surface area contributed by atoms with Gasteiger partial charge in [0.25, 0.3) is 5.69 Å². The summed E-state index contributed by atoms with van der Waals surface area (Å²) >= 11 is 0. The molecule has 0 radical (unpaired) electrons. The lowest BCUT2D eigenvalue weighted by molar-refractivity contribution is -0.385. The van der Waals surface area contributed by atoms with Gasteiger partial charge in [-0.3, -0.25) is 19.7 Å². The largest absolute Gasteiger partial charge is 0.480 e. The molecule has 0 aromatic heterocycles. The summed E-state index contributed by atoms with van der Waals surface area (Å²) < 4.78 is 0. The topological polar surface area (TPSA) is 122 Å². The third-order valence-electron chi connectivity index (χ3n) is 2.38. The van der Waals surface area contributed by atoms with Crippen molar-refractivity contribution in [1.82, 2.24) is 5.32 Å². The molecule has 0 unspecified atom stereocenters. The zero-order chi connectivity index (χ0) is 14.4. The van der Waals surface area contributed by atoms with Crippen molar-refractivity contribution in [3.8, 4) is 0 Å². The van der Waals surface area contributed by atoms with E-state index in [0.29, 0.717) is 11.3 Å². The average molecular weight is 267 g/mol. The molecule has 102 valence electrons. The summed E-state index contributed by atoms with van der Waals surface area (Å²) in [6.07, 6.45) is 0. The number of nitro benzene ring substituents is 1. The van der Waals surface area contributed by atoms with Crippen LogP contribution in [0.5, 0.6) is 0 Å². The highest BCUT2D eigenvalue weighted by atomic mass is 16.6. The second kappa shape index (κ2) is 6.34. The van der Waals surface area contributed by atoms with E-state index < -0.39 is 23.3 Å². The van der Waals surface area contributed by atoms with Crippen molar-refractivity contribution in [2.24, 2.45) is 0 Å². The number of carbonyl (C=O) groups excluding carboxylic acids is 1.